The summed E-state index contributed by atoms with van der Waals surface area (Å²) in [5, 5.41) is 11.6. The first-order valence-electron chi connectivity index (χ1n) is 8.71. The van der Waals surface area contributed by atoms with E-state index in [-0.39, 0.29) is 17.5 Å². The van der Waals surface area contributed by atoms with Gasteiger partial charge in [0.05, 0.1) is 0 Å². The third-order valence-corrected chi connectivity index (χ3v) is 5.07. The molecule has 4 aromatic rings. The quantitative estimate of drug-likeness (QED) is 0.485. The molecule has 142 valence electrons. The molecule has 0 spiro atoms. The highest BCUT2D eigenvalue weighted by Crippen LogP contribution is 2.26. The molecule has 1 amide bonds. The molecule has 0 aliphatic rings. The second kappa shape index (κ2) is 8.12. The Labute approximate surface area is 169 Å². The second-order valence-electron chi connectivity index (χ2n) is 6.15. The van der Waals surface area contributed by atoms with Crippen LogP contribution in [0.5, 0.6) is 0 Å². The van der Waals surface area contributed by atoms with E-state index in [0.717, 1.165) is 0 Å². The Morgan fingerprint density at radius 3 is 2.07 bits per heavy atom. The molecule has 1 N–H and O–H groups in total. The van der Waals surface area contributed by atoms with Crippen LogP contribution in [0.3, 0.4) is 0 Å². The van der Waals surface area contributed by atoms with Gasteiger partial charge in [-0.15, -0.1) is 10.2 Å². The topological polar surface area (TPSA) is 72.0 Å². The lowest BCUT2D eigenvalue weighted by atomic mass is 10.0. The SMILES string of the molecule is O=C(Nc1nnc(-c2ccc(F)cc2)s1)c1ccc(C(=O)c2ccccc2)cc1. The Morgan fingerprint density at radius 2 is 1.38 bits per heavy atom. The Hall–Kier alpha value is -3.71. The first kappa shape index (κ1) is 18.6. The van der Waals surface area contributed by atoms with Crippen LogP contribution in [0.25, 0.3) is 10.6 Å². The molecule has 0 atom stereocenters. The maximum Gasteiger partial charge on any atom is 0.257 e. The maximum absolute atomic E-state index is 13.0. The van der Waals surface area contributed by atoms with Crippen molar-refractivity contribution in [2.75, 3.05) is 5.32 Å². The standard InChI is InChI=1S/C22H14FN3O2S/c23-18-12-10-17(11-13-18)21-25-26-22(29-21)24-20(28)16-8-6-15(7-9-16)19(27)14-4-2-1-3-5-14/h1-13H,(H,24,26,28). The minimum atomic E-state index is -0.356. The van der Waals surface area contributed by atoms with Crippen molar-refractivity contribution in [3.05, 3.63) is 101 Å². The van der Waals surface area contributed by atoms with Gasteiger partial charge in [-0.25, -0.2) is 4.39 Å². The van der Waals surface area contributed by atoms with Crippen LogP contribution in [0.4, 0.5) is 9.52 Å². The zero-order valence-electron chi connectivity index (χ0n) is 15.0. The van der Waals surface area contributed by atoms with Crippen LogP contribution in [0.1, 0.15) is 26.3 Å². The number of hydrogen-bond acceptors (Lipinski definition) is 5. The highest BCUT2D eigenvalue weighted by Gasteiger charge is 2.13. The van der Waals surface area contributed by atoms with Crippen LogP contribution in [0, 0.1) is 5.82 Å². The number of nitrogens with zero attached hydrogens (tertiary/aromatic N) is 2. The molecule has 7 heteroatoms. The van der Waals surface area contributed by atoms with Crippen molar-refractivity contribution < 1.29 is 14.0 Å². The summed E-state index contributed by atoms with van der Waals surface area (Å²) in [4.78, 5) is 24.9. The van der Waals surface area contributed by atoms with Crippen molar-refractivity contribution >= 4 is 28.2 Å². The number of aromatic nitrogens is 2. The molecule has 0 fully saturated rings. The average molecular weight is 403 g/mol. The zero-order chi connectivity index (χ0) is 20.2. The molecule has 1 aromatic heterocycles. The van der Waals surface area contributed by atoms with Gasteiger partial charge in [0.15, 0.2) is 5.78 Å². The number of nitrogens with one attached hydrogen (secondary N) is 1. The van der Waals surface area contributed by atoms with Crippen molar-refractivity contribution in [3.8, 4) is 10.6 Å². The molecule has 0 saturated heterocycles. The van der Waals surface area contributed by atoms with E-state index in [1.807, 2.05) is 6.07 Å². The van der Waals surface area contributed by atoms with Crippen LogP contribution < -0.4 is 5.32 Å². The van der Waals surface area contributed by atoms with E-state index in [9.17, 15) is 14.0 Å². The normalized spacial score (nSPS) is 10.5. The molecule has 0 aliphatic carbocycles. The number of anilines is 1. The third kappa shape index (κ3) is 4.25. The fraction of sp³-hybridized carbons (Fsp3) is 0. The first-order chi connectivity index (χ1) is 14.1. The monoisotopic (exact) mass is 403 g/mol. The minimum absolute atomic E-state index is 0.106. The summed E-state index contributed by atoms with van der Waals surface area (Å²) in [6.07, 6.45) is 0. The van der Waals surface area contributed by atoms with Crippen molar-refractivity contribution in [2.45, 2.75) is 0 Å². The highest BCUT2D eigenvalue weighted by atomic mass is 32.1. The van der Waals surface area contributed by atoms with Gasteiger partial charge in [0.1, 0.15) is 10.8 Å². The number of carbonyl (C=O) groups excluding carboxylic acids is 2. The van der Waals surface area contributed by atoms with Gasteiger partial charge in [0, 0.05) is 22.3 Å². The summed E-state index contributed by atoms with van der Waals surface area (Å²) in [5.41, 5.74) is 2.20. The summed E-state index contributed by atoms with van der Waals surface area (Å²) >= 11 is 1.19. The van der Waals surface area contributed by atoms with E-state index in [1.54, 1.807) is 60.7 Å². The largest absolute Gasteiger partial charge is 0.296 e. The number of halogens is 1. The lowest BCUT2D eigenvalue weighted by molar-refractivity contribution is 0.102. The average Bonchev–Trinajstić information content (AvgIpc) is 3.23. The highest BCUT2D eigenvalue weighted by molar-refractivity contribution is 7.18. The summed E-state index contributed by atoms with van der Waals surface area (Å²) in [5.74, 6) is -0.794. The van der Waals surface area contributed by atoms with Crippen LogP contribution in [-0.2, 0) is 0 Å². The van der Waals surface area contributed by atoms with E-state index in [1.165, 1.54) is 23.5 Å². The van der Waals surface area contributed by atoms with Gasteiger partial charge >= 0.3 is 0 Å². The predicted octanol–water partition coefficient (Wildman–Crippen LogP) is 4.83. The van der Waals surface area contributed by atoms with Gasteiger partial charge in [-0.3, -0.25) is 14.9 Å². The zero-order valence-corrected chi connectivity index (χ0v) is 15.8. The molecule has 0 unspecified atom stereocenters. The van der Waals surface area contributed by atoms with E-state index in [4.69, 9.17) is 0 Å². The molecule has 0 aliphatic heterocycles. The van der Waals surface area contributed by atoms with Gasteiger partial charge < -0.3 is 0 Å². The molecular weight excluding hydrogens is 389 g/mol. The minimum Gasteiger partial charge on any atom is -0.296 e. The summed E-state index contributed by atoms with van der Waals surface area (Å²) in [6.45, 7) is 0. The molecule has 0 radical (unpaired) electrons. The lowest BCUT2D eigenvalue weighted by Gasteiger charge is -2.04. The van der Waals surface area contributed by atoms with Crippen molar-refractivity contribution in [1.82, 2.24) is 10.2 Å². The summed E-state index contributed by atoms with van der Waals surface area (Å²) in [6, 6.07) is 21.2. The van der Waals surface area contributed by atoms with Crippen LogP contribution >= 0.6 is 11.3 Å². The Kier molecular flexibility index (Phi) is 5.22. The number of amides is 1. The van der Waals surface area contributed by atoms with Crippen molar-refractivity contribution in [1.29, 1.82) is 0 Å². The number of ketones is 1. The van der Waals surface area contributed by atoms with Gasteiger partial charge in [0.25, 0.3) is 5.91 Å². The summed E-state index contributed by atoms with van der Waals surface area (Å²) < 4.78 is 13.0. The third-order valence-electron chi connectivity index (χ3n) is 4.18. The van der Waals surface area contributed by atoms with E-state index in [0.29, 0.717) is 32.4 Å². The predicted molar refractivity (Wildman–Crippen MR) is 110 cm³/mol. The van der Waals surface area contributed by atoms with E-state index >= 15 is 0 Å². The lowest BCUT2D eigenvalue weighted by Crippen LogP contribution is -2.12. The molecule has 0 saturated carbocycles. The molecule has 0 bridgehead atoms. The number of benzene rings is 3. The van der Waals surface area contributed by atoms with Crippen molar-refractivity contribution in [2.24, 2.45) is 0 Å². The smallest absolute Gasteiger partial charge is 0.257 e. The molecular formula is C22H14FN3O2S. The number of carbonyl (C=O) groups is 2. The fourth-order valence-corrected chi connectivity index (χ4v) is 3.43. The van der Waals surface area contributed by atoms with E-state index < -0.39 is 0 Å². The first-order valence-corrected chi connectivity index (χ1v) is 9.52. The Bertz CT molecular complexity index is 1160. The van der Waals surface area contributed by atoms with Gasteiger partial charge in [-0.2, -0.15) is 0 Å². The molecule has 4 rings (SSSR count). The molecule has 1 heterocycles. The fourth-order valence-electron chi connectivity index (χ4n) is 2.68. The van der Waals surface area contributed by atoms with Crippen molar-refractivity contribution in [3.63, 3.8) is 0 Å². The molecule has 3 aromatic carbocycles. The van der Waals surface area contributed by atoms with Gasteiger partial charge in [-0.05, 0) is 36.4 Å². The van der Waals surface area contributed by atoms with E-state index in [2.05, 4.69) is 15.5 Å². The molecule has 29 heavy (non-hydrogen) atoms. The number of hydrogen-bond donors (Lipinski definition) is 1. The van der Waals surface area contributed by atoms with Gasteiger partial charge in [0.2, 0.25) is 5.13 Å². The number of rotatable bonds is 5. The Balaban J connectivity index is 1.45. The van der Waals surface area contributed by atoms with Crippen LogP contribution in [0.15, 0.2) is 78.9 Å². The maximum atomic E-state index is 13.0. The van der Waals surface area contributed by atoms with Crippen LogP contribution in [0.2, 0.25) is 0 Å². The molecule has 5 nitrogen and oxygen atoms in total. The summed E-state index contributed by atoms with van der Waals surface area (Å²) in [7, 11) is 0. The second-order valence-corrected chi connectivity index (χ2v) is 7.12. The van der Waals surface area contributed by atoms with Crippen LogP contribution in [-0.4, -0.2) is 21.9 Å². The van der Waals surface area contributed by atoms with Gasteiger partial charge in [-0.1, -0.05) is 53.8 Å². The Morgan fingerprint density at radius 1 is 0.759 bits per heavy atom.